The van der Waals surface area contributed by atoms with Crippen molar-refractivity contribution in [1.29, 1.82) is 0 Å². The highest BCUT2D eigenvalue weighted by Crippen LogP contribution is 2.14. The monoisotopic (exact) mass is 205 g/mol. The minimum atomic E-state index is 0.576. The molecule has 0 aliphatic carbocycles. The Morgan fingerprint density at radius 1 is 1.13 bits per heavy atom. The lowest BCUT2D eigenvalue weighted by atomic mass is 9.95. The van der Waals surface area contributed by atoms with E-state index in [9.17, 15) is 0 Å². The summed E-state index contributed by atoms with van der Waals surface area (Å²) in [7, 11) is 2.05. The number of hydrogen-bond donors (Lipinski definition) is 1. The first-order valence-electron chi connectivity index (χ1n) is 5.78. The number of benzene rings is 1. The van der Waals surface area contributed by atoms with Gasteiger partial charge in [0.25, 0.3) is 0 Å². The van der Waals surface area contributed by atoms with E-state index in [1.165, 1.54) is 16.7 Å². The molecule has 0 aliphatic rings. The largest absolute Gasteiger partial charge is 0.316 e. The van der Waals surface area contributed by atoms with Crippen molar-refractivity contribution < 1.29 is 0 Å². The summed E-state index contributed by atoms with van der Waals surface area (Å²) in [6.45, 7) is 8.88. The lowest BCUT2D eigenvalue weighted by Gasteiger charge is -2.20. The third-order valence-corrected chi connectivity index (χ3v) is 3.20. The van der Waals surface area contributed by atoms with Crippen LogP contribution in [0.25, 0.3) is 0 Å². The van der Waals surface area contributed by atoms with Gasteiger partial charge in [0.15, 0.2) is 0 Å². The summed E-state index contributed by atoms with van der Waals surface area (Å²) in [5.41, 5.74) is 4.21. The van der Waals surface area contributed by atoms with E-state index >= 15 is 0 Å². The van der Waals surface area contributed by atoms with E-state index in [-0.39, 0.29) is 0 Å². The Balaban J connectivity index is 2.75. The van der Waals surface area contributed by atoms with E-state index in [0.717, 1.165) is 6.42 Å². The molecular formula is C14H23N. The maximum atomic E-state index is 3.38. The third-order valence-electron chi connectivity index (χ3n) is 3.20. The maximum absolute atomic E-state index is 3.38. The van der Waals surface area contributed by atoms with Gasteiger partial charge in [-0.2, -0.15) is 0 Å². The second-order valence-corrected chi connectivity index (χ2v) is 4.76. The molecule has 1 unspecified atom stereocenters. The predicted molar refractivity (Wildman–Crippen MR) is 67.3 cm³/mol. The molecule has 84 valence electrons. The highest BCUT2D eigenvalue weighted by atomic mass is 14.9. The molecule has 0 saturated heterocycles. The van der Waals surface area contributed by atoms with Crippen molar-refractivity contribution in [3.63, 3.8) is 0 Å². The van der Waals surface area contributed by atoms with Gasteiger partial charge < -0.3 is 5.32 Å². The molecule has 0 fully saturated rings. The van der Waals surface area contributed by atoms with Crippen LogP contribution in [0.4, 0.5) is 0 Å². The molecule has 0 radical (unpaired) electrons. The zero-order chi connectivity index (χ0) is 11.4. The molecule has 0 heterocycles. The van der Waals surface area contributed by atoms with Crippen molar-refractivity contribution in [2.45, 2.75) is 40.2 Å². The van der Waals surface area contributed by atoms with Crippen LogP contribution in [-0.4, -0.2) is 13.1 Å². The molecule has 1 heteroatoms. The minimum Gasteiger partial charge on any atom is -0.316 e. The summed E-state index contributed by atoms with van der Waals surface area (Å²) < 4.78 is 0. The molecule has 1 N–H and O–H groups in total. The van der Waals surface area contributed by atoms with Crippen LogP contribution in [0.1, 0.15) is 30.5 Å². The van der Waals surface area contributed by atoms with E-state index in [0.29, 0.717) is 12.0 Å². The Hall–Kier alpha value is -0.820. The van der Waals surface area contributed by atoms with Gasteiger partial charge in [-0.3, -0.25) is 0 Å². The predicted octanol–water partition coefficient (Wildman–Crippen LogP) is 3.09. The molecule has 15 heavy (non-hydrogen) atoms. The van der Waals surface area contributed by atoms with Crippen molar-refractivity contribution in [1.82, 2.24) is 5.32 Å². The molecule has 1 nitrogen and oxygen atoms in total. The molecule has 0 spiro atoms. The van der Waals surface area contributed by atoms with Gasteiger partial charge in [-0.1, -0.05) is 32.0 Å². The molecular weight excluding hydrogens is 182 g/mol. The van der Waals surface area contributed by atoms with E-state index in [2.05, 4.69) is 51.2 Å². The highest BCUT2D eigenvalue weighted by molar-refractivity contribution is 5.30. The van der Waals surface area contributed by atoms with Gasteiger partial charge in [0.05, 0.1) is 0 Å². The third kappa shape index (κ3) is 3.35. The van der Waals surface area contributed by atoms with E-state index in [1.54, 1.807) is 0 Å². The van der Waals surface area contributed by atoms with Gasteiger partial charge in [0.1, 0.15) is 0 Å². The van der Waals surface area contributed by atoms with Crippen LogP contribution in [0.2, 0.25) is 0 Å². The summed E-state index contributed by atoms with van der Waals surface area (Å²) in [4.78, 5) is 0. The number of rotatable bonds is 4. The highest BCUT2D eigenvalue weighted by Gasteiger charge is 2.11. The Bertz CT molecular complexity index is 315. The molecule has 1 aromatic rings. The van der Waals surface area contributed by atoms with E-state index < -0.39 is 0 Å². The molecule has 1 atom stereocenters. The number of aryl methyl sites for hydroxylation is 2. The van der Waals surface area contributed by atoms with Crippen LogP contribution in [0.3, 0.4) is 0 Å². The Morgan fingerprint density at radius 3 is 2.27 bits per heavy atom. The fourth-order valence-corrected chi connectivity index (χ4v) is 1.86. The van der Waals surface area contributed by atoms with Crippen molar-refractivity contribution in [2.75, 3.05) is 7.05 Å². The first kappa shape index (κ1) is 12.3. The minimum absolute atomic E-state index is 0.576. The van der Waals surface area contributed by atoms with E-state index in [4.69, 9.17) is 0 Å². The van der Waals surface area contributed by atoms with Crippen LogP contribution in [0.5, 0.6) is 0 Å². The average Bonchev–Trinajstić information content (AvgIpc) is 2.19. The van der Waals surface area contributed by atoms with Crippen LogP contribution >= 0.6 is 0 Å². The van der Waals surface area contributed by atoms with Gasteiger partial charge in [-0.05, 0) is 49.9 Å². The SMILES string of the molecule is CNC(Cc1ccc(C)c(C)c1)C(C)C. The zero-order valence-electron chi connectivity index (χ0n) is 10.6. The van der Waals surface area contributed by atoms with Crippen molar-refractivity contribution in [3.8, 4) is 0 Å². The first-order chi connectivity index (χ1) is 7.04. The van der Waals surface area contributed by atoms with Crippen LogP contribution in [0.15, 0.2) is 18.2 Å². The zero-order valence-corrected chi connectivity index (χ0v) is 10.6. The maximum Gasteiger partial charge on any atom is 0.0127 e. The summed E-state index contributed by atoms with van der Waals surface area (Å²) >= 11 is 0. The number of nitrogens with one attached hydrogen (secondary N) is 1. The van der Waals surface area contributed by atoms with Crippen molar-refractivity contribution in [2.24, 2.45) is 5.92 Å². The van der Waals surface area contributed by atoms with Gasteiger partial charge >= 0.3 is 0 Å². The lowest BCUT2D eigenvalue weighted by Crippen LogP contribution is -2.32. The van der Waals surface area contributed by atoms with Crippen LogP contribution in [-0.2, 0) is 6.42 Å². The van der Waals surface area contributed by atoms with E-state index in [1.807, 2.05) is 7.05 Å². The fourth-order valence-electron chi connectivity index (χ4n) is 1.86. The summed E-state index contributed by atoms with van der Waals surface area (Å²) in [6.07, 6.45) is 1.12. The molecule has 0 amide bonds. The van der Waals surface area contributed by atoms with Gasteiger partial charge in [-0.15, -0.1) is 0 Å². The smallest absolute Gasteiger partial charge is 0.0127 e. The summed E-state index contributed by atoms with van der Waals surface area (Å²) in [5.74, 6) is 0.677. The molecule has 0 aromatic heterocycles. The molecule has 0 bridgehead atoms. The average molecular weight is 205 g/mol. The molecule has 1 aromatic carbocycles. The van der Waals surface area contributed by atoms with Crippen molar-refractivity contribution in [3.05, 3.63) is 34.9 Å². The standard InChI is InChI=1S/C14H23N/c1-10(2)14(15-5)9-13-7-6-11(3)12(4)8-13/h6-8,10,14-15H,9H2,1-5H3. The second kappa shape index (κ2) is 5.32. The molecule has 0 aliphatic heterocycles. The van der Waals surface area contributed by atoms with Crippen molar-refractivity contribution >= 4 is 0 Å². The van der Waals surface area contributed by atoms with Gasteiger partial charge in [0.2, 0.25) is 0 Å². The first-order valence-corrected chi connectivity index (χ1v) is 5.78. The number of hydrogen-bond acceptors (Lipinski definition) is 1. The van der Waals surface area contributed by atoms with Crippen LogP contribution < -0.4 is 5.32 Å². The quantitative estimate of drug-likeness (QED) is 0.796. The summed E-state index contributed by atoms with van der Waals surface area (Å²) in [5, 5.41) is 3.38. The molecule has 1 rings (SSSR count). The summed E-state index contributed by atoms with van der Waals surface area (Å²) in [6, 6.07) is 7.35. The Morgan fingerprint density at radius 2 is 1.80 bits per heavy atom. The van der Waals surface area contributed by atoms with Gasteiger partial charge in [-0.25, -0.2) is 0 Å². The topological polar surface area (TPSA) is 12.0 Å². The Labute approximate surface area is 93.9 Å². The Kier molecular flexibility index (Phi) is 4.34. The lowest BCUT2D eigenvalue weighted by molar-refractivity contribution is 0.424. The second-order valence-electron chi connectivity index (χ2n) is 4.76. The van der Waals surface area contributed by atoms with Gasteiger partial charge in [0, 0.05) is 6.04 Å². The van der Waals surface area contributed by atoms with Crippen LogP contribution in [0, 0.1) is 19.8 Å². The molecule has 0 saturated carbocycles. The fraction of sp³-hybridized carbons (Fsp3) is 0.571. The normalized spacial score (nSPS) is 13.2. The number of likely N-dealkylation sites (N-methyl/N-ethyl adjacent to an activating group) is 1.